The highest BCUT2D eigenvalue weighted by atomic mass is 16.5. The fourth-order valence-electron chi connectivity index (χ4n) is 3.05. The Labute approximate surface area is 104 Å². The number of carbonyl (C=O) groups is 1. The molecule has 0 bridgehead atoms. The third-order valence-corrected chi connectivity index (χ3v) is 4.06. The summed E-state index contributed by atoms with van der Waals surface area (Å²) in [6.45, 7) is 7.46. The maximum atomic E-state index is 11.4. The zero-order valence-electron chi connectivity index (χ0n) is 11.0. The maximum absolute atomic E-state index is 11.4. The van der Waals surface area contributed by atoms with Crippen LogP contribution in [0.25, 0.3) is 0 Å². The topological polar surface area (TPSA) is 32.8 Å². The van der Waals surface area contributed by atoms with Crippen LogP contribution in [0, 0.1) is 5.92 Å². The predicted octanol–water partition coefficient (Wildman–Crippen LogP) is 0.966. The van der Waals surface area contributed by atoms with Crippen LogP contribution >= 0.6 is 0 Å². The normalized spacial score (nSPS) is 28.5. The van der Waals surface area contributed by atoms with E-state index in [1.807, 2.05) is 6.92 Å². The number of hydrogen-bond donors (Lipinski definition) is 0. The quantitative estimate of drug-likeness (QED) is 0.688. The summed E-state index contributed by atoms with van der Waals surface area (Å²) >= 11 is 0. The van der Waals surface area contributed by atoms with E-state index >= 15 is 0 Å². The molecular weight excluding hydrogens is 216 g/mol. The lowest BCUT2D eigenvalue weighted by Gasteiger charge is -2.44. The minimum atomic E-state index is -0.0870. The Morgan fingerprint density at radius 2 is 2.18 bits per heavy atom. The van der Waals surface area contributed by atoms with Gasteiger partial charge >= 0.3 is 5.97 Å². The molecule has 2 unspecified atom stereocenters. The molecule has 0 amide bonds. The van der Waals surface area contributed by atoms with Crippen LogP contribution in [-0.4, -0.2) is 61.6 Å². The Hall–Kier alpha value is -0.610. The predicted molar refractivity (Wildman–Crippen MR) is 66.8 cm³/mol. The lowest BCUT2D eigenvalue weighted by molar-refractivity contribution is -0.145. The van der Waals surface area contributed by atoms with Crippen molar-refractivity contribution in [3.05, 3.63) is 0 Å². The molecule has 2 saturated heterocycles. The average Bonchev–Trinajstić information content (AvgIpc) is 2.37. The van der Waals surface area contributed by atoms with Gasteiger partial charge in [-0.2, -0.15) is 0 Å². The van der Waals surface area contributed by atoms with Crippen LogP contribution in [0.4, 0.5) is 0 Å². The van der Waals surface area contributed by atoms with Gasteiger partial charge in [0, 0.05) is 32.2 Å². The molecular formula is C13H24N2O2. The highest BCUT2D eigenvalue weighted by Gasteiger charge is 2.30. The summed E-state index contributed by atoms with van der Waals surface area (Å²) < 4.78 is 4.78. The number of nitrogens with zero attached hydrogens (tertiary/aromatic N) is 2. The van der Waals surface area contributed by atoms with E-state index in [-0.39, 0.29) is 11.9 Å². The van der Waals surface area contributed by atoms with Crippen molar-refractivity contribution in [3.63, 3.8) is 0 Å². The number of carbonyl (C=O) groups excluding carboxylic acids is 1. The standard InChI is InChI=1S/C13H24N2O2/c1-11(13(16)17-2)9-14-7-8-15-6-4-3-5-12(15)10-14/h11-12H,3-10H2,1-2H3. The van der Waals surface area contributed by atoms with Crippen LogP contribution in [0.1, 0.15) is 26.2 Å². The average molecular weight is 240 g/mol. The summed E-state index contributed by atoms with van der Waals surface area (Å²) in [4.78, 5) is 16.4. The first-order chi connectivity index (χ1) is 8.20. The molecule has 4 nitrogen and oxygen atoms in total. The zero-order valence-corrected chi connectivity index (χ0v) is 11.0. The second-order valence-electron chi connectivity index (χ2n) is 5.37. The van der Waals surface area contributed by atoms with Crippen molar-refractivity contribution in [1.82, 2.24) is 9.80 Å². The Morgan fingerprint density at radius 3 is 2.94 bits per heavy atom. The van der Waals surface area contributed by atoms with Crippen molar-refractivity contribution >= 4 is 5.97 Å². The second kappa shape index (κ2) is 5.83. The largest absolute Gasteiger partial charge is 0.469 e. The van der Waals surface area contributed by atoms with E-state index < -0.39 is 0 Å². The third-order valence-electron chi connectivity index (χ3n) is 4.06. The van der Waals surface area contributed by atoms with E-state index in [0.717, 1.165) is 25.7 Å². The van der Waals surface area contributed by atoms with Crippen molar-refractivity contribution in [2.45, 2.75) is 32.2 Å². The molecule has 2 aliphatic heterocycles. The van der Waals surface area contributed by atoms with Crippen LogP contribution in [0.3, 0.4) is 0 Å². The maximum Gasteiger partial charge on any atom is 0.309 e. The first kappa shape index (κ1) is 12.8. The van der Waals surface area contributed by atoms with Gasteiger partial charge in [-0.15, -0.1) is 0 Å². The van der Waals surface area contributed by atoms with Gasteiger partial charge in [0.1, 0.15) is 0 Å². The minimum Gasteiger partial charge on any atom is -0.469 e. The molecule has 0 aromatic rings. The van der Waals surface area contributed by atoms with Crippen molar-refractivity contribution < 1.29 is 9.53 Å². The first-order valence-electron chi connectivity index (χ1n) is 6.75. The highest BCUT2D eigenvalue weighted by molar-refractivity contribution is 5.72. The first-order valence-corrected chi connectivity index (χ1v) is 6.75. The minimum absolute atomic E-state index is 0.00450. The number of fused-ring (bicyclic) bond motifs is 1. The monoisotopic (exact) mass is 240 g/mol. The molecule has 17 heavy (non-hydrogen) atoms. The summed E-state index contributed by atoms with van der Waals surface area (Å²) in [5.74, 6) is -0.0915. The Morgan fingerprint density at radius 1 is 1.35 bits per heavy atom. The third kappa shape index (κ3) is 3.19. The molecule has 0 aromatic carbocycles. The number of ether oxygens (including phenoxy) is 1. The van der Waals surface area contributed by atoms with Gasteiger partial charge < -0.3 is 4.74 Å². The van der Waals surface area contributed by atoms with Crippen molar-refractivity contribution in [3.8, 4) is 0 Å². The Balaban J connectivity index is 1.81. The van der Waals surface area contributed by atoms with Gasteiger partial charge in [0.2, 0.25) is 0 Å². The number of hydrogen-bond acceptors (Lipinski definition) is 4. The Kier molecular flexibility index (Phi) is 4.40. The Bertz CT molecular complexity index is 270. The molecule has 2 fully saturated rings. The molecule has 0 spiro atoms. The molecule has 0 aromatic heterocycles. The van der Waals surface area contributed by atoms with Crippen LogP contribution in [0.5, 0.6) is 0 Å². The van der Waals surface area contributed by atoms with Crippen molar-refractivity contribution in [1.29, 1.82) is 0 Å². The lowest BCUT2D eigenvalue weighted by atomic mass is 9.99. The molecule has 2 aliphatic rings. The molecule has 0 radical (unpaired) electrons. The molecule has 4 heteroatoms. The fraction of sp³-hybridized carbons (Fsp3) is 0.923. The van der Waals surface area contributed by atoms with E-state index in [1.54, 1.807) is 0 Å². The highest BCUT2D eigenvalue weighted by Crippen LogP contribution is 2.21. The van der Waals surface area contributed by atoms with Gasteiger partial charge in [0.25, 0.3) is 0 Å². The summed E-state index contributed by atoms with van der Waals surface area (Å²) in [7, 11) is 1.47. The number of esters is 1. The van der Waals surface area contributed by atoms with Gasteiger partial charge in [-0.3, -0.25) is 14.6 Å². The molecule has 2 heterocycles. The van der Waals surface area contributed by atoms with Crippen LogP contribution in [-0.2, 0) is 9.53 Å². The van der Waals surface area contributed by atoms with Crippen molar-refractivity contribution in [2.24, 2.45) is 5.92 Å². The van der Waals surface area contributed by atoms with E-state index in [9.17, 15) is 4.79 Å². The van der Waals surface area contributed by atoms with E-state index in [1.165, 1.54) is 39.5 Å². The summed E-state index contributed by atoms with van der Waals surface area (Å²) in [6.07, 6.45) is 4.04. The van der Waals surface area contributed by atoms with Gasteiger partial charge in [-0.05, 0) is 19.4 Å². The smallest absolute Gasteiger partial charge is 0.309 e. The van der Waals surface area contributed by atoms with E-state index in [0.29, 0.717) is 0 Å². The summed E-state index contributed by atoms with van der Waals surface area (Å²) in [5.41, 5.74) is 0. The summed E-state index contributed by atoms with van der Waals surface area (Å²) in [5, 5.41) is 0. The lowest BCUT2D eigenvalue weighted by Crippen LogP contribution is -2.55. The zero-order chi connectivity index (χ0) is 12.3. The molecule has 0 aliphatic carbocycles. The van der Waals surface area contributed by atoms with Crippen LogP contribution < -0.4 is 0 Å². The van der Waals surface area contributed by atoms with E-state index in [4.69, 9.17) is 4.74 Å². The molecule has 0 saturated carbocycles. The van der Waals surface area contributed by atoms with Gasteiger partial charge in [0.05, 0.1) is 13.0 Å². The molecule has 2 rings (SSSR count). The molecule has 2 atom stereocenters. The summed E-state index contributed by atoms with van der Waals surface area (Å²) in [6, 6.07) is 0.724. The SMILES string of the molecule is COC(=O)C(C)CN1CCN2CCCCC2C1. The van der Waals surface area contributed by atoms with Gasteiger partial charge in [-0.25, -0.2) is 0 Å². The molecule has 0 N–H and O–H groups in total. The van der Waals surface area contributed by atoms with Crippen molar-refractivity contribution in [2.75, 3.05) is 39.8 Å². The van der Waals surface area contributed by atoms with Crippen LogP contribution in [0.15, 0.2) is 0 Å². The second-order valence-corrected chi connectivity index (χ2v) is 5.37. The molecule has 98 valence electrons. The van der Waals surface area contributed by atoms with Gasteiger partial charge in [-0.1, -0.05) is 13.3 Å². The number of piperidine rings is 1. The van der Waals surface area contributed by atoms with E-state index in [2.05, 4.69) is 9.80 Å². The van der Waals surface area contributed by atoms with Gasteiger partial charge in [0.15, 0.2) is 0 Å². The fourth-order valence-corrected chi connectivity index (χ4v) is 3.05. The number of piperazine rings is 1. The number of rotatable bonds is 3. The van der Waals surface area contributed by atoms with Crippen LogP contribution in [0.2, 0.25) is 0 Å². The number of methoxy groups -OCH3 is 1.